The molecular formula is C27H37N9O5S. The molecule has 0 aromatic carbocycles. The molecule has 15 heteroatoms. The monoisotopic (exact) mass is 599 g/mol. The Morgan fingerprint density at radius 3 is 2.55 bits per heavy atom. The molecule has 5 heterocycles. The van der Waals surface area contributed by atoms with Crippen molar-refractivity contribution in [2.24, 2.45) is 7.05 Å². The number of sulfonamides is 1. The highest BCUT2D eigenvalue weighted by molar-refractivity contribution is 7.89. The minimum absolute atomic E-state index is 0.00328. The standard InChI is InChI=1S/C27H37N9O5S/c1-5-7-21-23-24(36(32-21)18-22-28-8-9-33(22)3)26(37)31-25(30-23)20-16-19(17-29-27(20)41-15-14-40-4)42(38,39)35-12-10-34(6-2)11-13-35/h8-9,16-17H,5-7,10-15,18H2,1-4H3,(H,30,31,37). The molecule has 4 aromatic heterocycles. The van der Waals surface area contributed by atoms with Gasteiger partial charge in [-0.1, -0.05) is 20.3 Å². The van der Waals surface area contributed by atoms with E-state index in [1.54, 1.807) is 18.0 Å². The molecule has 42 heavy (non-hydrogen) atoms. The lowest BCUT2D eigenvalue weighted by molar-refractivity contribution is 0.144. The lowest BCUT2D eigenvalue weighted by atomic mass is 10.2. The summed E-state index contributed by atoms with van der Waals surface area (Å²) in [6.07, 6.45) is 6.21. The zero-order valence-electron chi connectivity index (χ0n) is 24.4. The van der Waals surface area contributed by atoms with Crippen LogP contribution in [0.2, 0.25) is 0 Å². The third-order valence-corrected chi connectivity index (χ3v) is 9.25. The summed E-state index contributed by atoms with van der Waals surface area (Å²) in [5, 5.41) is 4.72. The second-order valence-corrected chi connectivity index (χ2v) is 12.1. The number of imidazole rings is 1. The lowest BCUT2D eigenvalue weighted by Gasteiger charge is -2.33. The molecule has 226 valence electrons. The maximum atomic E-state index is 13.6. The molecule has 0 aliphatic carbocycles. The molecule has 0 atom stereocenters. The Balaban J connectivity index is 1.60. The molecule has 1 aliphatic heterocycles. The zero-order valence-corrected chi connectivity index (χ0v) is 25.2. The number of fused-ring (bicyclic) bond motifs is 1. The van der Waals surface area contributed by atoms with Gasteiger partial charge in [-0.25, -0.2) is 28.1 Å². The fraction of sp³-hybridized carbons (Fsp3) is 0.519. The molecule has 1 saturated heterocycles. The fourth-order valence-corrected chi connectivity index (χ4v) is 6.39. The number of ether oxygens (including phenoxy) is 2. The van der Waals surface area contributed by atoms with Crippen molar-refractivity contribution in [2.45, 2.75) is 38.1 Å². The number of aromatic nitrogens is 7. The van der Waals surface area contributed by atoms with E-state index in [0.717, 1.165) is 18.8 Å². The van der Waals surface area contributed by atoms with Gasteiger partial charge < -0.3 is 23.9 Å². The molecular weight excluding hydrogens is 562 g/mol. The number of pyridine rings is 1. The molecule has 0 bridgehead atoms. The maximum absolute atomic E-state index is 13.6. The number of aryl methyl sites for hydroxylation is 2. The third-order valence-electron chi connectivity index (χ3n) is 7.39. The Hall–Kier alpha value is -3.66. The summed E-state index contributed by atoms with van der Waals surface area (Å²) in [6.45, 7) is 7.79. The van der Waals surface area contributed by atoms with Crippen LogP contribution in [0.3, 0.4) is 0 Å². The molecule has 14 nitrogen and oxygen atoms in total. The van der Waals surface area contributed by atoms with Crippen molar-refractivity contribution >= 4 is 21.1 Å². The maximum Gasteiger partial charge on any atom is 0.277 e. The van der Waals surface area contributed by atoms with E-state index in [2.05, 4.69) is 26.8 Å². The van der Waals surface area contributed by atoms with Crippen molar-refractivity contribution < 1.29 is 17.9 Å². The van der Waals surface area contributed by atoms with Crippen LogP contribution < -0.4 is 10.3 Å². The van der Waals surface area contributed by atoms with Crippen LogP contribution in [0.4, 0.5) is 0 Å². The molecule has 0 unspecified atom stereocenters. The lowest BCUT2D eigenvalue weighted by Crippen LogP contribution is -2.48. The molecule has 1 fully saturated rings. The van der Waals surface area contributed by atoms with E-state index in [-0.39, 0.29) is 28.8 Å². The first-order chi connectivity index (χ1) is 20.3. The highest BCUT2D eigenvalue weighted by atomic mass is 32.2. The van der Waals surface area contributed by atoms with Gasteiger partial charge in [-0.05, 0) is 19.0 Å². The third kappa shape index (κ3) is 5.95. The van der Waals surface area contributed by atoms with Gasteiger partial charge in [-0.3, -0.25) is 4.79 Å². The second-order valence-electron chi connectivity index (χ2n) is 10.1. The van der Waals surface area contributed by atoms with Crippen molar-refractivity contribution in [1.29, 1.82) is 0 Å². The van der Waals surface area contributed by atoms with Crippen LogP contribution in [0.15, 0.2) is 34.3 Å². The first-order valence-electron chi connectivity index (χ1n) is 14.1. The van der Waals surface area contributed by atoms with E-state index in [9.17, 15) is 13.2 Å². The van der Waals surface area contributed by atoms with Crippen LogP contribution >= 0.6 is 0 Å². The number of rotatable bonds is 12. The summed E-state index contributed by atoms with van der Waals surface area (Å²) in [5.41, 5.74) is 1.28. The van der Waals surface area contributed by atoms with Crippen LogP contribution in [-0.2, 0) is 34.8 Å². The number of piperazine rings is 1. The van der Waals surface area contributed by atoms with Crippen molar-refractivity contribution in [3.05, 3.63) is 46.5 Å². The summed E-state index contributed by atoms with van der Waals surface area (Å²) in [6, 6.07) is 1.47. The predicted molar refractivity (Wildman–Crippen MR) is 156 cm³/mol. The fourth-order valence-electron chi connectivity index (χ4n) is 5.00. The van der Waals surface area contributed by atoms with Crippen molar-refractivity contribution in [3.63, 3.8) is 0 Å². The largest absolute Gasteiger partial charge is 0.475 e. The van der Waals surface area contributed by atoms with Gasteiger partial charge in [0.15, 0.2) is 5.52 Å². The SMILES string of the molecule is CCCc1nn(Cc2nccn2C)c2c(=O)[nH]c(-c3cc(S(=O)(=O)N4CCN(CC)CC4)cnc3OCCOC)nc12. The number of nitrogens with one attached hydrogen (secondary N) is 1. The first kappa shape index (κ1) is 29.8. The van der Waals surface area contributed by atoms with Gasteiger partial charge in [0.2, 0.25) is 15.9 Å². The molecule has 4 aromatic rings. The van der Waals surface area contributed by atoms with E-state index >= 15 is 0 Å². The van der Waals surface area contributed by atoms with Gasteiger partial charge in [0.1, 0.15) is 35.2 Å². The molecule has 0 spiro atoms. The van der Waals surface area contributed by atoms with E-state index in [0.29, 0.717) is 62.5 Å². The van der Waals surface area contributed by atoms with Crippen molar-refractivity contribution in [2.75, 3.05) is 53.0 Å². The molecule has 5 rings (SSSR count). The minimum atomic E-state index is -3.85. The number of hydrogen-bond acceptors (Lipinski definition) is 10. The van der Waals surface area contributed by atoms with E-state index in [1.165, 1.54) is 16.6 Å². The molecule has 1 N–H and O–H groups in total. The molecule has 0 amide bonds. The Bertz CT molecular complexity index is 1700. The normalized spacial score (nSPS) is 15.0. The van der Waals surface area contributed by atoms with Gasteiger partial charge in [0.25, 0.3) is 5.56 Å². The van der Waals surface area contributed by atoms with Gasteiger partial charge in [0, 0.05) is 52.7 Å². The van der Waals surface area contributed by atoms with Crippen LogP contribution in [0.25, 0.3) is 22.4 Å². The van der Waals surface area contributed by atoms with Gasteiger partial charge in [-0.15, -0.1) is 0 Å². The zero-order chi connectivity index (χ0) is 29.9. The Morgan fingerprint density at radius 2 is 1.88 bits per heavy atom. The highest BCUT2D eigenvalue weighted by Gasteiger charge is 2.30. The first-order valence-corrected chi connectivity index (χ1v) is 15.5. The second kappa shape index (κ2) is 12.7. The van der Waals surface area contributed by atoms with Crippen LogP contribution in [0.5, 0.6) is 5.88 Å². The number of nitrogens with zero attached hydrogens (tertiary/aromatic N) is 8. The van der Waals surface area contributed by atoms with Gasteiger partial charge >= 0.3 is 0 Å². The summed E-state index contributed by atoms with van der Waals surface area (Å²) >= 11 is 0. The number of H-pyrrole nitrogens is 1. The van der Waals surface area contributed by atoms with Gasteiger partial charge in [0.05, 0.1) is 24.1 Å². The number of aromatic amines is 1. The summed E-state index contributed by atoms with van der Waals surface area (Å²) < 4.78 is 43.2. The van der Waals surface area contributed by atoms with Crippen molar-refractivity contribution in [3.8, 4) is 17.3 Å². The van der Waals surface area contributed by atoms with Crippen molar-refractivity contribution in [1.82, 2.24) is 43.5 Å². The molecule has 0 radical (unpaired) electrons. The molecule has 1 aliphatic rings. The summed E-state index contributed by atoms with van der Waals surface area (Å²) in [7, 11) is -0.415. The average Bonchev–Trinajstić information content (AvgIpc) is 3.56. The minimum Gasteiger partial charge on any atom is -0.475 e. The number of likely N-dealkylation sites (N-methyl/N-ethyl adjacent to an activating group) is 1. The topological polar surface area (TPSA) is 153 Å². The highest BCUT2D eigenvalue weighted by Crippen LogP contribution is 2.30. The number of hydrogen-bond donors (Lipinski definition) is 1. The summed E-state index contributed by atoms with van der Waals surface area (Å²) in [5.74, 6) is 1.03. The smallest absolute Gasteiger partial charge is 0.277 e. The average molecular weight is 600 g/mol. The number of methoxy groups -OCH3 is 1. The van der Waals surface area contributed by atoms with Gasteiger partial charge in [-0.2, -0.15) is 9.40 Å². The molecule has 0 saturated carbocycles. The van der Waals surface area contributed by atoms with Crippen LogP contribution in [0.1, 0.15) is 31.8 Å². The van der Waals surface area contributed by atoms with Crippen LogP contribution in [-0.4, -0.2) is 105 Å². The van der Waals surface area contributed by atoms with E-state index < -0.39 is 15.6 Å². The van der Waals surface area contributed by atoms with Crippen LogP contribution in [0, 0.1) is 0 Å². The van der Waals surface area contributed by atoms with E-state index in [4.69, 9.17) is 19.6 Å². The Morgan fingerprint density at radius 1 is 1.10 bits per heavy atom. The Kier molecular flexibility index (Phi) is 9.01. The predicted octanol–water partition coefficient (Wildman–Crippen LogP) is 1.27. The quantitative estimate of drug-likeness (QED) is 0.236. The van der Waals surface area contributed by atoms with E-state index in [1.807, 2.05) is 24.7 Å². The Labute approximate surface area is 244 Å². The summed E-state index contributed by atoms with van der Waals surface area (Å²) in [4.78, 5) is 32.2.